The Morgan fingerprint density at radius 2 is 1.62 bits per heavy atom. The van der Waals surface area contributed by atoms with Crippen LogP contribution in [-0.2, 0) is 11.1 Å². The van der Waals surface area contributed by atoms with Gasteiger partial charge in [0.1, 0.15) is 0 Å². The topological polar surface area (TPSA) is 26.3 Å². The second kappa shape index (κ2) is 10.1. The molecule has 26 heavy (non-hydrogen) atoms. The zero-order valence-corrected chi connectivity index (χ0v) is 16.5. The van der Waals surface area contributed by atoms with Crippen molar-refractivity contribution < 1.29 is 29.6 Å². The van der Waals surface area contributed by atoms with E-state index < -0.39 is 8.15 Å². The Labute approximate surface area is 174 Å². The van der Waals surface area contributed by atoms with Crippen molar-refractivity contribution in [3.8, 4) is 0 Å². The molecule has 3 aromatic rings. The normalized spacial score (nSPS) is 11.5. The molecule has 0 bridgehead atoms. The van der Waals surface area contributed by atoms with Crippen molar-refractivity contribution in [3.05, 3.63) is 94.5 Å². The van der Waals surface area contributed by atoms with Gasteiger partial charge in [-0.2, -0.15) is 0 Å². The number of benzene rings is 3. The molecule has 128 valence electrons. The van der Waals surface area contributed by atoms with Gasteiger partial charge in [-0.05, 0) is 30.2 Å². The van der Waals surface area contributed by atoms with Crippen LogP contribution in [0.1, 0.15) is 22.9 Å². The van der Waals surface area contributed by atoms with Gasteiger partial charge in [0.15, 0.2) is 6.29 Å². The summed E-state index contributed by atoms with van der Waals surface area (Å²) in [4.78, 5) is 11.2. The predicted octanol–water partition coefficient (Wildman–Crippen LogP) is 2.14. The van der Waals surface area contributed by atoms with Crippen LogP contribution in [0.15, 0.2) is 72.8 Å². The summed E-state index contributed by atoms with van der Waals surface area (Å²) < 4.78 is 6.30. The maximum absolute atomic E-state index is 11.2. The molecule has 0 saturated heterocycles. The van der Waals surface area contributed by atoms with Crippen molar-refractivity contribution in [2.75, 3.05) is 0 Å². The zero-order chi connectivity index (χ0) is 17.6. The molecule has 5 heteroatoms. The molecule has 0 heterocycles. The average molecular weight is 377 g/mol. The van der Waals surface area contributed by atoms with Crippen molar-refractivity contribution >= 4 is 36.6 Å². The molecule has 0 aliphatic carbocycles. The molecule has 3 aromatic carbocycles. The van der Waals surface area contributed by atoms with E-state index in [-0.39, 0.29) is 20.3 Å². The SMILES string of the molecule is Cc1cc(P(OCc2ccccc2)c2ccccc2)cc(Cl)c1C=O.[H-].[Li+]. The fraction of sp³-hybridized carbons (Fsp3) is 0.0952. The van der Waals surface area contributed by atoms with Gasteiger partial charge in [0, 0.05) is 16.2 Å². The number of carbonyl (C=O) groups is 1. The number of rotatable bonds is 6. The molecule has 0 aliphatic heterocycles. The van der Waals surface area contributed by atoms with Gasteiger partial charge >= 0.3 is 18.9 Å². The van der Waals surface area contributed by atoms with E-state index in [1.54, 1.807) is 0 Å². The van der Waals surface area contributed by atoms with Crippen molar-refractivity contribution in [2.24, 2.45) is 0 Å². The Morgan fingerprint density at radius 1 is 1.00 bits per heavy atom. The third-order valence-corrected chi connectivity index (χ3v) is 6.06. The van der Waals surface area contributed by atoms with Gasteiger partial charge in [0.25, 0.3) is 0 Å². The second-order valence-corrected chi connectivity index (χ2v) is 7.95. The van der Waals surface area contributed by atoms with Crippen LogP contribution in [0.3, 0.4) is 0 Å². The van der Waals surface area contributed by atoms with E-state index in [0.29, 0.717) is 17.2 Å². The van der Waals surface area contributed by atoms with Crippen molar-refractivity contribution in [3.63, 3.8) is 0 Å². The van der Waals surface area contributed by atoms with E-state index in [1.807, 2.05) is 67.6 Å². The Balaban J connectivity index is 0.00000182. The monoisotopic (exact) mass is 376 g/mol. The molecule has 1 unspecified atom stereocenters. The largest absolute Gasteiger partial charge is 1.00 e. The molecule has 0 aliphatic rings. The van der Waals surface area contributed by atoms with E-state index >= 15 is 0 Å². The Bertz CT molecular complexity index is 840. The molecule has 0 radical (unpaired) electrons. The minimum Gasteiger partial charge on any atom is -1.00 e. The summed E-state index contributed by atoms with van der Waals surface area (Å²) in [7, 11) is -1.02. The second-order valence-electron chi connectivity index (χ2n) is 5.66. The fourth-order valence-electron chi connectivity index (χ4n) is 2.58. The molecule has 1 atom stereocenters. The van der Waals surface area contributed by atoms with Crippen LogP contribution in [0.4, 0.5) is 0 Å². The van der Waals surface area contributed by atoms with Gasteiger partial charge < -0.3 is 5.95 Å². The molecule has 0 amide bonds. The summed E-state index contributed by atoms with van der Waals surface area (Å²) in [6.45, 7) is 2.42. The summed E-state index contributed by atoms with van der Waals surface area (Å²) in [5.41, 5.74) is 2.53. The summed E-state index contributed by atoms with van der Waals surface area (Å²) in [5, 5.41) is 2.59. The van der Waals surface area contributed by atoms with Gasteiger partial charge in [0.05, 0.1) is 19.8 Å². The minimum atomic E-state index is -1.02. The summed E-state index contributed by atoms with van der Waals surface area (Å²) in [5.74, 6) is 0. The molecule has 0 fully saturated rings. The van der Waals surface area contributed by atoms with E-state index in [4.69, 9.17) is 16.1 Å². The van der Waals surface area contributed by atoms with Crippen LogP contribution in [0.25, 0.3) is 0 Å². The predicted molar refractivity (Wildman–Crippen MR) is 107 cm³/mol. The standard InChI is InChI=1S/C21H18ClO2P.Li.H/c1-16-12-19(13-21(22)20(16)14-23)25(18-10-6-3-7-11-18)24-15-17-8-4-2-5-9-17;;/h2-14H,15H2,1H3;;/q;+1;-1. The number of carbonyl (C=O) groups excluding carboxylic acids is 1. The van der Waals surface area contributed by atoms with Gasteiger partial charge in [-0.1, -0.05) is 72.3 Å². The number of hydrogen-bond donors (Lipinski definition) is 0. The zero-order valence-electron chi connectivity index (χ0n) is 15.9. The van der Waals surface area contributed by atoms with Crippen LogP contribution in [0.2, 0.25) is 5.02 Å². The van der Waals surface area contributed by atoms with Crippen molar-refractivity contribution in [2.45, 2.75) is 13.5 Å². The molecule has 3 rings (SSSR count). The minimum absolute atomic E-state index is 0. The maximum atomic E-state index is 11.2. The summed E-state index contributed by atoms with van der Waals surface area (Å²) in [6, 6.07) is 24.1. The van der Waals surface area contributed by atoms with Crippen LogP contribution >= 0.6 is 19.7 Å². The first-order chi connectivity index (χ1) is 12.2. The van der Waals surface area contributed by atoms with E-state index in [0.717, 1.165) is 28.0 Å². The molecule has 0 aromatic heterocycles. The fourth-order valence-corrected chi connectivity index (χ4v) is 4.84. The molecular weight excluding hydrogens is 358 g/mol. The third kappa shape index (κ3) is 5.07. The van der Waals surface area contributed by atoms with Crippen molar-refractivity contribution in [1.82, 2.24) is 0 Å². The van der Waals surface area contributed by atoms with Gasteiger partial charge in [-0.15, -0.1) is 0 Å². The Morgan fingerprint density at radius 3 is 2.19 bits per heavy atom. The first-order valence-corrected chi connectivity index (χ1v) is 9.60. The van der Waals surface area contributed by atoms with E-state index in [9.17, 15) is 4.79 Å². The molecule has 2 nitrogen and oxygen atoms in total. The Hall–Kier alpha value is -1.39. The van der Waals surface area contributed by atoms with Gasteiger partial charge in [0.2, 0.25) is 0 Å². The molecular formula is C21H19ClLiO2P. The first kappa shape index (κ1) is 20.9. The summed E-state index contributed by atoms with van der Waals surface area (Å²) in [6.07, 6.45) is 0.803. The van der Waals surface area contributed by atoms with Crippen LogP contribution in [-0.4, -0.2) is 6.29 Å². The van der Waals surface area contributed by atoms with Gasteiger partial charge in [-0.25, -0.2) is 0 Å². The smallest absolute Gasteiger partial charge is 1.00 e. The maximum Gasteiger partial charge on any atom is 1.00 e. The van der Waals surface area contributed by atoms with E-state index in [1.165, 1.54) is 0 Å². The molecule has 0 saturated carbocycles. The molecule has 0 spiro atoms. The quantitative estimate of drug-likeness (QED) is 0.374. The third-order valence-electron chi connectivity index (χ3n) is 3.87. The van der Waals surface area contributed by atoms with Crippen LogP contribution in [0, 0.1) is 6.92 Å². The van der Waals surface area contributed by atoms with E-state index in [2.05, 4.69) is 12.1 Å². The molecule has 0 N–H and O–H groups in total. The number of hydrogen-bond acceptors (Lipinski definition) is 2. The first-order valence-electron chi connectivity index (χ1n) is 7.96. The van der Waals surface area contributed by atoms with Crippen LogP contribution < -0.4 is 29.5 Å². The average Bonchev–Trinajstić information content (AvgIpc) is 2.63. The number of halogens is 1. The van der Waals surface area contributed by atoms with Gasteiger partial charge in [-0.3, -0.25) is 4.79 Å². The number of aldehydes is 1. The van der Waals surface area contributed by atoms with Crippen molar-refractivity contribution in [1.29, 1.82) is 0 Å². The van der Waals surface area contributed by atoms with Crippen LogP contribution in [0.5, 0.6) is 0 Å². The Kier molecular flexibility index (Phi) is 8.10. The summed E-state index contributed by atoms with van der Waals surface area (Å²) >= 11 is 6.31. The number of aryl methyl sites for hydroxylation is 1.